The largest absolute Gasteiger partial charge is 0.352 e. The molecule has 31 heavy (non-hydrogen) atoms. The Balaban J connectivity index is 1.48. The van der Waals surface area contributed by atoms with E-state index in [1.807, 2.05) is 36.7 Å². The van der Waals surface area contributed by atoms with Crippen LogP contribution in [0.5, 0.6) is 0 Å². The minimum absolute atomic E-state index is 0.00242. The first-order chi connectivity index (χ1) is 15.0. The van der Waals surface area contributed by atoms with E-state index >= 15 is 0 Å². The standard InChI is InChI=1S/C22H28ClN5O3/c1-3-26(4-2)19(29)18-15-28-14-11-24-20(28)22(31-18)9-12-27(13-10-22)21(30)25-17-8-6-5-7-16(17)23/h5-8,11,14,18H,3-4,9-10,12-13,15H2,1-2H3,(H,25,30). The monoisotopic (exact) mass is 445 g/mol. The average Bonchev–Trinajstić information content (AvgIpc) is 3.26. The number of aromatic nitrogens is 2. The number of amides is 3. The van der Waals surface area contributed by atoms with Gasteiger partial charge >= 0.3 is 6.03 Å². The minimum Gasteiger partial charge on any atom is -0.352 e. The molecule has 2 aliphatic rings. The molecule has 2 aromatic rings. The van der Waals surface area contributed by atoms with Crippen LogP contribution in [0.3, 0.4) is 0 Å². The molecule has 9 heteroatoms. The third-order valence-electron chi connectivity index (χ3n) is 6.18. The lowest BCUT2D eigenvalue weighted by Crippen LogP contribution is -2.55. The van der Waals surface area contributed by atoms with Crippen molar-refractivity contribution in [3.63, 3.8) is 0 Å². The van der Waals surface area contributed by atoms with Crippen molar-refractivity contribution in [1.82, 2.24) is 19.4 Å². The second-order valence-corrected chi connectivity index (χ2v) is 8.32. The summed E-state index contributed by atoms with van der Waals surface area (Å²) in [6.07, 6.45) is 4.24. The van der Waals surface area contributed by atoms with Gasteiger partial charge in [0.2, 0.25) is 0 Å². The Morgan fingerprint density at radius 1 is 1.26 bits per heavy atom. The second-order valence-electron chi connectivity index (χ2n) is 7.91. The van der Waals surface area contributed by atoms with Gasteiger partial charge in [-0.2, -0.15) is 0 Å². The summed E-state index contributed by atoms with van der Waals surface area (Å²) < 4.78 is 8.48. The Bertz CT molecular complexity index is 950. The summed E-state index contributed by atoms with van der Waals surface area (Å²) in [6.45, 7) is 6.69. The van der Waals surface area contributed by atoms with Crippen LogP contribution in [0.2, 0.25) is 5.02 Å². The lowest BCUT2D eigenvalue weighted by Gasteiger charge is -2.46. The molecule has 1 atom stereocenters. The van der Waals surface area contributed by atoms with Gasteiger partial charge in [-0.25, -0.2) is 9.78 Å². The van der Waals surface area contributed by atoms with E-state index < -0.39 is 11.7 Å². The van der Waals surface area contributed by atoms with Gasteiger partial charge in [-0.05, 0) is 26.0 Å². The SMILES string of the molecule is CCN(CC)C(=O)C1Cn2ccnc2C2(CCN(C(=O)Nc3ccccc3Cl)CC2)O1. The molecule has 3 amide bonds. The molecule has 0 bridgehead atoms. The molecule has 3 heterocycles. The first-order valence-corrected chi connectivity index (χ1v) is 11.1. The predicted octanol–water partition coefficient (Wildman–Crippen LogP) is 3.33. The van der Waals surface area contributed by atoms with Crippen LogP contribution >= 0.6 is 11.6 Å². The molecule has 2 aliphatic heterocycles. The van der Waals surface area contributed by atoms with E-state index in [1.54, 1.807) is 28.1 Å². The maximum Gasteiger partial charge on any atom is 0.321 e. The zero-order valence-corrected chi connectivity index (χ0v) is 18.6. The number of carbonyl (C=O) groups is 2. The number of urea groups is 1. The van der Waals surface area contributed by atoms with E-state index in [9.17, 15) is 9.59 Å². The van der Waals surface area contributed by atoms with Crippen molar-refractivity contribution < 1.29 is 14.3 Å². The molecule has 1 unspecified atom stereocenters. The number of piperidine rings is 1. The summed E-state index contributed by atoms with van der Waals surface area (Å²) in [4.78, 5) is 33.9. The van der Waals surface area contributed by atoms with Crippen LogP contribution in [-0.2, 0) is 21.7 Å². The quantitative estimate of drug-likeness (QED) is 0.782. The average molecular weight is 446 g/mol. The molecule has 1 aromatic heterocycles. The zero-order valence-electron chi connectivity index (χ0n) is 17.9. The van der Waals surface area contributed by atoms with Gasteiger partial charge in [0.25, 0.3) is 5.91 Å². The summed E-state index contributed by atoms with van der Waals surface area (Å²) in [5.41, 5.74) is -0.0834. The van der Waals surface area contributed by atoms with Crippen LogP contribution in [-0.4, -0.2) is 63.6 Å². The highest BCUT2D eigenvalue weighted by atomic mass is 35.5. The second kappa shape index (κ2) is 8.88. The van der Waals surface area contributed by atoms with E-state index in [0.717, 1.165) is 5.82 Å². The number of para-hydroxylation sites is 1. The number of hydrogen-bond donors (Lipinski definition) is 1. The lowest BCUT2D eigenvalue weighted by atomic mass is 9.88. The van der Waals surface area contributed by atoms with Crippen LogP contribution in [0.15, 0.2) is 36.7 Å². The number of anilines is 1. The van der Waals surface area contributed by atoms with Crippen LogP contribution in [0.4, 0.5) is 10.5 Å². The van der Waals surface area contributed by atoms with Crippen molar-refractivity contribution in [1.29, 1.82) is 0 Å². The Hall–Kier alpha value is -2.58. The number of ether oxygens (including phenoxy) is 1. The molecule has 0 radical (unpaired) electrons. The van der Waals surface area contributed by atoms with E-state index in [4.69, 9.17) is 16.3 Å². The van der Waals surface area contributed by atoms with Crippen molar-refractivity contribution >= 4 is 29.2 Å². The third kappa shape index (κ3) is 4.14. The number of nitrogens with one attached hydrogen (secondary N) is 1. The normalized spacial score (nSPS) is 19.7. The summed E-state index contributed by atoms with van der Waals surface area (Å²) in [5, 5.41) is 3.37. The number of likely N-dealkylation sites (tertiary alicyclic amines) is 1. The van der Waals surface area contributed by atoms with Gasteiger partial charge in [-0.15, -0.1) is 0 Å². The number of benzene rings is 1. The van der Waals surface area contributed by atoms with Crippen molar-refractivity contribution in [3.8, 4) is 0 Å². The predicted molar refractivity (Wildman–Crippen MR) is 118 cm³/mol. The highest BCUT2D eigenvalue weighted by Gasteiger charge is 2.48. The van der Waals surface area contributed by atoms with Crippen molar-refractivity contribution in [2.24, 2.45) is 0 Å². The first kappa shape index (κ1) is 21.6. The van der Waals surface area contributed by atoms with Crippen molar-refractivity contribution in [2.75, 3.05) is 31.5 Å². The Kier molecular flexibility index (Phi) is 6.20. The summed E-state index contributed by atoms with van der Waals surface area (Å²) >= 11 is 6.16. The molecule has 1 fully saturated rings. The van der Waals surface area contributed by atoms with Gasteiger partial charge in [-0.3, -0.25) is 4.79 Å². The van der Waals surface area contributed by atoms with Crippen molar-refractivity contribution in [2.45, 2.75) is 44.9 Å². The number of rotatable bonds is 4. The van der Waals surface area contributed by atoms with E-state index in [2.05, 4.69) is 10.3 Å². The Labute approximate surface area is 187 Å². The Morgan fingerprint density at radius 2 is 1.97 bits per heavy atom. The minimum atomic E-state index is -0.670. The highest BCUT2D eigenvalue weighted by Crippen LogP contribution is 2.40. The van der Waals surface area contributed by atoms with Gasteiger partial charge in [0.15, 0.2) is 6.10 Å². The molecule has 1 N–H and O–H groups in total. The van der Waals surface area contributed by atoms with Gasteiger partial charge in [0, 0.05) is 51.4 Å². The fourth-order valence-corrected chi connectivity index (χ4v) is 4.62. The topological polar surface area (TPSA) is 79.7 Å². The molecular weight excluding hydrogens is 418 g/mol. The maximum absolute atomic E-state index is 13.0. The van der Waals surface area contributed by atoms with Gasteiger partial charge in [0.1, 0.15) is 11.4 Å². The van der Waals surface area contributed by atoms with E-state index in [0.29, 0.717) is 56.3 Å². The molecule has 0 saturated carbocycles. The van der Waals surface area contributed by atoms with E-state index in [1.165, 1.54) is 0 Å². The molecule has 166 valence electrons. The van der Waals surface area contributed by atoms with E-state index in [-0.39, 0.29) is 11.9 Å². The summed E-state index contributed by atoms with van der Waals surface area (Å²) in [5.74, 6) is 0.838. The van der Waals surface area contributed by atoms with Gasteiger partial charge in [0.05, 0.1) is 17.3 Å². The molecule has 0 aliphatic carbocycles. The maximum atomic E-state index is 13.0. The fourth-order valence-electron chi connectivity index (χ4n) is 4.43. The van der Waals surface area contributed by atoms with Crippen LogP contribution in [0.1, 0.15) is 32.5 Å². The lowest BCUT2D eigenvalue weighted by molar-refractivity contribution is -0.179. The van der Waals surface area contributed by atoms with Crippen molar-refractivity contribution in [3.05, 3.63) is 47.5 Å². The summed E-state index contributed by atoms with van der Waals surface area (Å²) in [7, 11) is 0. The molecule has 1 aromatic carbocycles. The number of nitrogens with zero attached hydrogens (tertiary/aromatic N) is 4. The molecule has 1 saturated heterocycles. The number of likely N-dealkylation sites (N-methyl/N-ethyl adjacent to an activating group) is 1. The van der Waals surface area contributed by atoms with Crippen LogP contribution in [0.25, 0.3) is 0 Å². The molecule has 1 spiro atoms. The van der Waals surface area contributed by atoms with Gasteiger partial charge in [-0.1, -0.05) is 23.7 Å². The third-order valence-corrected chi connectivity index (χ3v) is 6.51. The number of carbonyl (C=O) groups excluding carboxylic acids is 2. The zero-order chi connectivity index (χ0) is 22.0. The molecule has 8 nitrogen and oxygen atoms in total. The Morgan fingerprint density at radius 3 is 2.65 bits per heavy atom. The smallest absolute Gasteiger partial charge is 0.321 e. The number of hydrogen-bond acceptors (Lipinski definition) is 4. The van der Waals surface area contributed by atoms with Gasteiger partial charge < -0.3 is 24.4 Å². The molecule has 4 rings (SSSR count). The van der Waals surface area contributed by atoms with Crippen LogP contribution < -0.4 is 5.32 Å². The first-order valence-electron chi connectivity index (χ1n) is 10.8. The number of fused-ring (bicyclic) bond motifs is 2. The highest BCUT2D eigenvalue weighted by molar-refractivity contribution is 6.33. The fraction of sp³-hybridized carbons (Fsp3) is 0.500. The number of halogens is 1. The summed E-state index contributed by atoms with van der Waals surface area (Å²) in [6, 6.07) is 6.97. The molecular formula is C22H28ClN5O3. The van der Waals surface area contributed by atoms with Crippen LogP contribution in [0, 0.1) is 0 Å². The number of imidazole rings is 1.